The van der Waals surface area contributed by atoms with Crippen LogP contribution in [0.15, 0.2) is 41.7 Å². The van der Waals surface area contributed by atoms with Crippen LogP contribution in [0.5, 0.6) is 0 Å². The van der Waals surface area contributed by atoms with Gasteiger partial charge in [-0.25, -0.2) is 18.4 Å². The number of benzene rings is 1. The van der Waals surface area contributed by atoms with E-state index in [-0.39, 0.29) is 12.1 Å². The SMILES string of the molecule is Cc1ccc(S(=O)(=O)N2C3CCC2c2cncnc2C3)cc1. The Labute approximate surface area is 130 Å². The van der Waals surface area contributed by atoms with E-state index in [1.54, 1.807) is 29.0 Å². The van der Waals surface area contributed by atoms with E-state index < -0.39 is 10.0 Å². The number of sulfonamides is 1. The molecule has 0 N–H and O–H groups in total. The van der Waals surface area contributed by atoms with Gasteiger partial charge in [0.1, 0.15) is 6.33 Å². The molecule has 6 heteroatoms. The van der Waals surface area contributed by atoms with Crippen LogP contribution in [-0.2, 0) is 16.4 Å². The van der Waals surface area contributed by atoms with Crippen molar-refractivity contribution in [3.05, 3.63) is 53.6 Å². The summed E-state index contributed by atoms with van der Waals surface area (Å²) in [6, 6.07) is 6.97. The summed E-state index contributed by atoms with van der Waals surface area (Å²) >= 11 is 0. The van der Waals surface area contributed by atoms with Crippen LogP contribution in [0.3, 0.4) is 0 Å². The van der Waals surface area contributed by atoms with Crippen molar-refractivity contribution in [2.75, 3.05) is 0 Å². The second-order valence-corrected chi connectivity index (χ2v) is 7.87. The molecule has 114 valence electrons. The molecule has 1 aromatic carbocycles. The quantitative estimate of drug-likeness (QED) is 0.852. The predicted molar refractivity (Wildman–Crippen MR) is 81.7 cm³/mol. The molecule has 4 rings (SSSR count). The van der Waals surface area contributed by atoms with E-state index in [0.717, 1.165) is 29.7 Å². The van der Waals surface area contributed by atoms with Gasteiger partial charge in [0.2, 0.25) is 10.0 Å². The van der Waals surface area contributed by atoms with Gasteiger partial charge >= 0.3 is 0 Å². The first-order valence-electron chi connectivity index (χ1n) is 7.46. The Balaban J connectivity index is 1.79. The van der Waals surface area contributed by atoms with Crippen molar-refractivity contribution in [2.45, 2.75) is 43.2 Å². The second kappa shape index (κ2) is 4.86. The Morgan fingerprint density at radius 3 is 2.73 bits per heavy atom. The number of fused-ring (bicyclic) bond motifs is 4. The fourth-order valence-electron chi connectivity index (χ4n) is 3.58. The van der Waals surface area contributed by atoms with Gasteiger partial charge in [0.25, 0.3) is 0 Å². The summed E-state index contributed by atoms with van der Waals surface area (Å²) in [6.07, 6.45) is 5.72. The van der Waals surface area contributed by atoms with Gasteiger partial charge in [0.15, 0.2) is 0 Å². The van der Waals surface area contributed by atoms with Crippen LogP contribution in [0, 0.1) is 6.92 Å². The second-order valence-electron chi connectivity index (χ2n) is 6.02. The Bertz CT molecular complexity index is 818. The molecule has 0 spiro atoms. The third-order valence-corrected chi connectivity index (χ3v) is 6.63. The molecular weight excluding hydrogens is 298 g/mol. The monoisotopic (exact) mass is 315 g/mol. The first kappa shape index (κ1) is 13.8. The number of aromatic nitrogens is 2. The van der Waals surface area contributed by atoms with Crippen LogP contribution in [0.2, 0.25) is 0 Å². The standard InChI is InChI=1S/C16H17N3O2S/c1-11-2-5-13(6-3-11)22(20,21)19-12-4-7-16(19)14-9-17-10-18-15(14)8-12/h2-3,5-6,9-10,12,16H,4,7-8H2,1H3. The summed E-state index contributed by atoms with van der Waals surface area (Å²) in [5.74, 6) is 0. The van der Waals surface area contributed by atoms with Crippen LogP contribution in [0.25, 0.3) is 0 Å². The molecule has 2 aromatic rings. The van der Waals surface area contributed by atoms with Crippen molar-refractivity contribution in [3.8, 4) is 0 Å². The molecule has 22 heavy (non-hydrogen) atoms. The molecule has 0 radical (unpaired) electrons. The maximum absolute atomic E-state index is 13.1. The molecule has 5 nitrogen and oxygen atoms in total. The van der Waals surface area contributed by atoms with Crippen LogP contribution in [0.4, 0.5) is 0 Å². The smallest absolute Gasteiger partial charge is 0.243 e. The number of rotatable bonds is 2. The molecular formula is C16H17N3O2S. The lowest BCUT2D eigenvalue weighted by Gasteiger charge is -2.34. The summed E-state index contributed by atoms with van der Waals surface area (Å²) in [7, 11) is -3.48. The highest BCUT2D eigenvalue weighted by Crippen LogP contribution is 2.45. The largest absolute Gasteiger partial charge is 0.244 e. The van der Waals surface area contributed by atoms with Gasteiger partial charge in [-0.3, -0.25) is 0 Å². The fraction of sp³-hybridized carbons (Fsp3) is 0.375. The summed E-state index contributed by atoms with van der Waals surface area (Å²) in [5, 5.41) is 0. The number of hydrogen-bond acceptors (Lipinski definition) is 4. The molecule has 2 unspecified atom stereocenters. The third-order valence-electron chi connectivity index (χ3n) is 4.65. The molecule has 2 bridgehead atoms. The van der Waals surface area contributed by atoms with E-state index >= 15 is 0 Å². The lowest BCUT2D eigenvalue weighted by molar-refractivity contribution is 0.300. The maximum atomic E-state index is 13.1. The molecule has 0 saturated carbocycles. The van der Waals surface area contributed by atoms with Gasteiger partial charge in [-0.15, -0.1) is 0 Å². The minimum atomic E-state index is -3.48. The zero-order valence-corrected chi connectivity index (χ0v) is 13.1. The molecule has 2 atom stereocenters. The highest BCUT2D eigenvalue weighted by Gasteiger charge is 2.47. The van der Waals surface area contributed by atoms with Gasteiger partial charge < -0.3 is 0 Å². The number of aryl methyl sites for hydroxylation is 1. The van der Waals surface area contributed by atoms with Crippen LogP contribution < -0.4 is 0 Å². The molecule has 1 fully saturated rings. The van der Waals surface area contributed by atoms with Crippen molar-refractivity contribution in [1.29, 1.82) is 0 Å². The maximum Gasteiger partial charge on any atom is 0.243 e. The number of nitrogens with zero attached hydrogens (tertiary/aromatic N) is 3. The normalized spacial score (nSPS) is 24.2. The van der Waals surface area contributed by atoms with E-state index in [0.29, 0.717) is 11.3 Å². The zero-order chi connectivity index (χ0) is 15.3. The third kappa shape index (κ3) is 1.98. The minimum absolute atomic E-state index is 0.0127. The van der Waals surface area contributed by atoms with Crippen molar-refractivity contribution in [1.82, 2.24) is 14.3 Å². The molecule has 1 aromatic heterocycles. The zero-order valence-electron chi connectivity index (χ0n) is 12.3. The van der Waals surface area contributed by atoms with Gasteiger partial charge in [-0.05, 0) is 31.9 Å². The molecule has 3 heterocycles. The minimum Gasteiger partial charge on any atom is -0.244 e. The molecule has 0 aliphatic carbocycles. The summed E-state index contributed by atoms with van der Waals surface area (Å²) < 4.78 is 27.8. The molecule has 0 amide bonds. The van der Waals surface area contributed by atoms with Crippen molar-refractivity contribution in [2.24, 2.45) is 0 Å². The topological polar surface area (TPSA) is 63.2 Å². The first-order valence-corrected chi connectivity index (χ1v) is 8.90. The lowest BCUT2D eigenvalue weighted by Crippen LogP contribution is -2.42. The van der Waals surface area contributed by atoms with E-state index in [1.165, 1.54) is 0 Å². The Morgan fingerprint density at radius 2 is 1.95 bits per heavy atom. The van der Waals surface area contributed by atoms with Crippen LogP contribution in [-0.4, -0.2) is 28.7 Å². The lowest BCUT2D eigenvalue weighted by atomic mass is 10.0. The first-order chi connectivity index (χ1) is 10.6. The summed E-state index contributed by atoms with van der Waals surface area (Å²) in [4.78, 5) is 8.78. The van der Waals surface area contributed by atoms with E-state index in [9.17, 15) is 8.42 Å². The predicted octanol–water partition coefficient (Wildman–Crippen LogP) is 2.24. The Kier molecular flexibility index (Phi) is 3.06. The van der Waals surface area contributed by atoms with E-state index in [4.69, 9.17) is 0 Å². The highest BCUT2D eigenvalue weighted by molar-refractivity contribution is 7.89. The van der Waals surface area contributed by atoms with Gasteiger partial charge in [-0.1, -0.05) is 17.7 Å². The fourth-order valence-corrected chi connectivity index (χ4v) is 5.43. The van der Waals surface area contributed by atoms with E-state index in [2.05, 4.69) is 9.97 Å². The van der Waals surface area contributed by atoms with Gasteiger partial charge in [0.05, 0.1) is 16.6 Å². The molecule has 1 saturated heterocycles. The summed E-state index contributed by atoms with van der Waals surface area (Å²) in [5.41, 5.74) is 3.02. The Morgan fingerprint density at radius 1 is 1.18 bits per heavy atom. The van der Waals surface area contributed by atoms with Crippen molar-refractivity contribution < 1.29 is 8.42 Å². The number of hydrogen-bond donors (Lipinski definition) is 0. The molecule has 2 aliphatic rings. The van der Waals surface area contributed by atoms with Crippen molar-refractivity contribution in [3.63, 3.8) is 0 Å². The van der Waals surface area contributed by atoms with Crippen molar-refractivity contribution >= 4 is 10.0 Å². The molecule has 2 aliphatic heterocycles. The average Bonchev–Trinajstić information content (AvgIpc) is 2.84. The Hall–Kier alpha value is -1.79. The van der Waals surface area contributed by atoms with Crippen LogP contribution in [0.1, 0.15) is 35.7 Å². The average molecular weight is 315 g/mol. The van der Waals surface area contributed by atoms with Gasteiger partial charge in [-0.2, -0.15) is 4.31 Å². The van der Waals surface area contributed by atoms with E-state index in [1.807, 2.05) is 19.1 Å². The highest BCUT2D eigenvalue weighted by atomic mass is 32.2. The van der Waals surface area contributed by atoms with Gasteiger partial charge in [0, 0.05) is 24.2 Å². The van der Waals surface area contributed by atoms with Crippen LogP contribution >= 0.6 is 0 Å². The summed E-state index contributed by atoms with van der Waals surface area (Å²) in [6.45, 7) is 1.95.